The minimum Gasteiger partial charge on any atom is -0.411 e. The number of aromatic amines is 1. The van der Waals surface area contributed by atoms with Gasteiger partial charge in [0.25, 0.3) is 5.56 Å². The van der Waals surface area contributed by atoms with Crippen LogP contribution in [0.2, 0.25) is 5.02 Å². The minimum atomic E-state index is -0.187. The Hall–Kier alpha value is -2.07. The number of pyridine rings is 1. The van der Waals surface area contributed by atoms with Crippen LogP contribution in [0, 0.1) is 0 Å². The SMILES string of the molecule is O=c1[nH]cccc1CC(=NO)c1ccc(Cl)cc1. The smallest absolute Gasteiger partial charge is 0.251 e. The van der Waals surface area contributed by atoms with Gasteiger partial charge in [-0.05, 0) is 23.8 Å². The van der Waals surface area contributed by atoms with Crippen molar-refractivity contribution in [3.05, 3.63) is 69.1 Å². The zero-order valence-corrected chi connectivity index (χ0v) is 10.2. The highest BCUT2D eigenvalue weighted by Gasteiger charge is 2.08. The van der Waals surface area contributed by atoms with Gasteiger partial charge in [-0.15, -0.1) is 0 Å². The van der Waals surface area contributed by atoms with Gasteiger partial charge in [0, 0.05) is 23.2 Å². The van der Waals surface area contributed by atoms with Crippen molar-refractivity contribution in [1.82, 2.24) is 4.98 Å². The zero-order valence-electron chi connectivity index (χ0n) is 9.43. The Morgan fingerprint density at radius 1 is 1.28 bits per heavy atom. The van der Waals surface area contributed by atoms with Gasteiger partial charge in [-0.25, -0.2) is 0 Å². The van der Waals surface area contributed by atoms with Gasteiger partial charge in [0.05, 0.1) is 5.71 Å². The average molecular weight is 263 g/mol. The van der Waals surface area contributed by atoms with E-state index >= 15 is 0 Å². The number of nitrogens with one attached hydrogen (secondary N) is 1. The fraction of sp³-hybridized carbons (Fsp3) is 0.0769. The summed E-state index contributed by atoms with van der Waals surface area (Å²) < 4.78 is 0. The predicted octanol–water partition coefficient (Wildman–Crippen LogP) is 2.45. The second-order valence-electron chi connectivity index (χ2n) is 3.75. The summed E-state index contributed by atoms with van der Waals surface area (Å²) in [7, 11) is 0. The summed E-state index contributed by atoms with van der Waals surface area (Å²) in [6, 6.07) is 10.3. The largest absolute Gasteiger partial charge is 0.411 e. The molecule has 92 valence electrons. The quantitative estimate of drug-likeness (QED) is 0.507. The number of rotatable bonds is 3. The molecule has 0 bridgehead atoms. The third kappa shape index (κ3) is 2.78. The maximum atomic E-state index is 11.5. The lowest BCUT2D eigenvalue weighted by atomic mass is 10.0. The summed E-state index contributed by atoms with van der Waals surface area (Å²) in [5.41, 5.74) is 1.50. The predicted molar refractivity (Wildman–Crippen MR) is 70.5 cm³/mol. The molecule has 18 heavy (non-hydrogen) atoms. The monoisotopic (exact) mass is 262 g/mol. The minimum absolute atomic E-state index is 0.187. The molecule has 0 saturated carbocycles. The molecule has 5 heteroatoms. The zero-order chi connectivity index (χ0) is 13.0. The van der Waals surface area contributed by atoms with Gasteiger partial charge in [0.2, 0.25) is 0 Å². The number of oxime groups is 1. The van der Waals surface area contributed by atoms with Crippen LogP contribution in [0.1, 0.15) is 11.1 Å². The fourth-order valence-corrected chi connectivity index (χ4v) is 1.74. The van der Waals surface area contributed by atoms with E-state index < -0.39 is 0 Å². The highest BCUT2D eigenvalue weighted by Crippen LogP contribution is 2.12. The second kappa shape index (κ2) is 5.51. The molecule has 0 spiro atoms. The highest BCUT2D eigenvalue weighted by molar-refractivity contribution is 6.30. The van der Waals surface area contributed by atoms with Crippen molar-refractivity contribution in [3.8, 4) is 0 Å². The number of aromatic nitrogens is 1. The van der Waals surface area contributed by atoms with Gasteiger partial charge in [0.1, 0.15) is 0 Å². The van der Waals surface area contributed by atoms with Gasteiger partial charge in [0.15, 0.2) is 0 Å². The molecule has 2 N–H and O–H groups in total. The van der Waals surface area contributed by atoms with E-state index in [1.54, 1.807) is 42.6 Å². The molecule has 0 saturated heterocycles. The van der Waals surface area contributed by atoms with Gasteiger partial charge in [-0.2, -0.15) is 0 Å². The molecule has 0 amide bonds. The Kier molecular flexibility index (Phi) is 3.79. The number of H-pyrrole nitrogens is 1. The molecule has 0 aliphatic rings. The molecule has 1 heterocycles. The van der Waals surface area contributed by atoms with Crippen molar-refractivity contribution < 1.29 is 5.21 Å². The molecule has 0 radical (unpaired) electrons. The Bertz CT molecular complexity index is 617. The summed E-state index contributed by atoms with van der Waals surface area (Å²) in [5.74, 6) is 0. The third-order valence-electron chi connectivity index (χ3n) is 2.56. The summed E-state index contributed by atoms with van der Waals surface area (Å²) in [6.07, 6.45) is 1.82. The first-order valence-electron chi connectivity index (χ1n) is 5.34. The summed E-state index contributed by atoms with van der Waals surface area (Å²) in [5, 5.41) is 12.9. The standard InChI is InChI=1S/C13H11ClN2O2/c14-11-5-3-9(4-6-11)12(16-18)8-10-2-1-7-15-13(10)17/h1-7,18H,8H2,(H,15,17). The maximum Gasteiger partial charge on any atom is 0.251 e. The normalized spacial score (nSPS) is 11.5. The van der Waals surface area contributed by atoms with Gasteiger partial charge in [-0.3, -0.25) is 4.79 Å². The molecule has 1 aromatic carbocycles. The molecule has 4 nitrogen and oxygen atoms in total. The van der Waals surface area contributed by atoms with E-state index in [1.807, 2.05) is 0 Å². The van der Waals surface area contributed by atoms with E-state index in [1.165, 1.54) is 0 Å². The van der Waals surface area contributed by atoms with Gasteiger partial charge < -0.3 is 10.2 Å². The van der Waals surface area contributed by atoms with Crippen LogP contribution in [0.3, 0.4) is 0 Å². The second-order valence-corrected chi connectivity index (χ2v) is 4.19. The average Bonchev–Trinajstić information content (AvgIpc) is 2.39. The van der Waals surface area contributed by atoms with Crippen molar-refractivity contribution in [2.45, 2.75) is 6.42 Å². The van der Waals surface area contributed by atoms with Crippen molar-refractivity contribution in [3.63, 3.8) is 0 Å². The number of nitrogens with zero attached hydrogens (tertiary/aromatic N) is 1. The van der Waals surface area contributed by atoms with E-state index in [0.29, 0.717) is 16.3 Å². The van der Waals surface area contributed by atoms with Gasteiger partial charge in [-0.1, -0.05) is 35.0 Å². The van der Waals surface area contributed by atoms with E-state index in [2.05, 4.69) is 10.1 Å². The number of halogens is 1. The lowest BCUT2D eigenvalue weighted by molar-refractivity contribution is 0.318. The lowest BCUT2D eigenvalue weighted by Gasteiger charge is -2.04. The van der Waals surface area contributed by atoms with Gasteiger partial charge >= 0.3 is 0 Å². The molecule has 0 atom stereocenters. The van der Waals surface area contributed by atoms with Crippen molar-refractivity contribution in [2.75, 3.05) is 0 Å². The molecule has 0 unspecified atom stereocenters. The van der Waals surface area contributed by atoms with Crippen LogP contribution in [0.15, 0.2) is 52.5 Å². The molecular weight excluding hydrogens is 252 g/mol. The van der Waals surface area contributed by atoms with Crippen molar-refractivity contribution in [2.24, 2.45) is 5.16 Å². The summed E-state index contributed by atoms with van der Waals surface area (Å²) in [4.78, 5) is 14.1. The molecule has 0 aliphatic carbocycles. The van der Waals surface area contributed by atoms with Crippen LogP contribution < -0.4 is 5.56 Å². The Morgan fingerprint density at radius 2 is 2.00 bits per heavy atom. The number of benzene rings is 1. The van der Waals surface area contributed by atoms with Crippen LogP contribution in [0.5, 0.6) is 0 Å². The van der Waals surface area contributed by atoms with E-state index in [-0.39, 0.29) is 12.0 Å². The van der Waals surface area contributed by atoms with Crippen LogP contribution in [0.4, 0.5) is 0 Å². The number of hydrogen-bond acceptors (Lipinski definition) is 3. The van der Waals surface area contributed by atoms with E-state index in [9.17, 15) is 4.79 Å². The number of hydrogen-bond donors (Lipinski definition) is 2. The third-order valence-corrected chi connectivity index (χ3v) is 2.81. The fourth-order valence-electron chi connectivity index (χ4n) is 1.61. The topological polar surface area (TPSA) is 65.5 Å². The van der Waals surface area contributed by atoms with Crippen molar-refractivity contribution in [1.29, 1.82) is 0 Å². The van der Waals surface area contributed by atoms with Crippen LogP contribution in [0.25, 0.3) is 0 Å². The summed E-state index contributed by atoms with van der Waals surface area (Å²) in [6.45, 7) is 0. The lowest BCUT2D eigenvalue weighted by Crippen LogP contribution is -2.16. The molecule has 0 aliphatic heterocycles. The van der Waals surface area contributed by atoms with Crippen LogP contribution in [-0.2, 0) is 6.42 Å². The first kappa shape index (κ1) is 12.4. The Labute approximate surface area is 109 Å². The molecular formula is C13H11ClN2O2. The van der Waals surface area contributed by atoms with Crippen LogP contribution in [-0.4, -0.2) is 15.9 Å². The molecule has 2 rings (SSSR count). The Morgan fingerprint density at radius 3 is 2.61 bits per heavy atom. The molecule has 2 aromatic rings. The highest BCUT2D eigenvalue weighted by atomic mass is 35.5. The first-order chi connectivity index (χ1) is 8.70. The van der Waals surface area contributed by atoms with Crippen LogP contribution >= 0.6 is 11.6 Å². The Balaban J connectivity index is 2.29. The van der Waals surface area contributed by atoms with Crippen molar-refractivity contribution >= 4 is 17.3 Å². The van der Waals surface area contributed by atoms with E-state index in [4.69, 9.17) is 16.8 Å². The first-order valence-corrected chi connectivity index (χ1v) is 5.72. The maximum absolute atomic E-state index is 11.5. The molecule has 0 fully saturated rings. The molecule has 1 aromatic heterocycles. The summed E-state index contributed by atoms with van der Waals surface area (Å²) >= 11 is 5.79. The van der Waals surface area contributed by atoms with E-state index in [0.717, 1.165) is 5.56 Å².